The maximum absolute atomic E-state index is 11.5. The molecule has 0 bridgehead atoms. The highest BCUT2D eigenvalue weighted by molar-refractivity contribution is 5.68. The number of carbonyl (C=O) groups excluding carboxylic acids is 1. The van der Waals surface area contributed by atoms with Crippen LogP contribution >= 0.6 is 0 Å². The van der Waals surface area contributed by atoms with Crippen LogP contribution in [-0.2, 0) is 4.74 Å². The van der Waals surface area contributed by atoms with E-state index in [9.17, 15) is 4.79 Å². The summed E-state index contributed by atoms with van der Waals surface area (Å²) >= 11 is 0. The minimum absolute atomic E-state index is 0.271. The summed E-state index contributed by atoms with van der Waals surface area (Å²) in [6.45, 7) is 7.81. The van der Waals surface area contributed by atoms with Gasteiger partial charge in [-0.15, -0.1) is 0 Å². The molecule has 1 aliphatic rings. The molecule has 1 aliphatic carbocycles. The molecule has 3 nitrogen and oxygen atoms in total. The van der Waals surface area contributed by atoms with Crippen molar-refractivity contribution >= 4 is 6.09 Å². The summed E-state index contributed by atoms with van der Waals surface area (Å²) in [5, 5.41) is 2.98. The summed E-state index contributed by atoms with van der Waals surface area (Å²) in [6.07, 6.45) is 4.40. The topological polar surface area (TPSA) is 38.3 Å². The van der Waals surface area contributed by atoms with Gasteiger partial charge < -0.3 is 10.1 Å². The van der Waals surface area contributed by atoms with Crippen molar-refractivity contribution < 1.29 is 9.53 Å². The monoisotopic (exact) mass is 213 g/mol. The first-order valence-electron chi connectivity index (χ1n) is 5.92. The summed E-state index contributed by atoms with van der Waals surface area (Å²) in [5.41, 5.74) is -0.398. The Kier molecular flexibility index (Phi) is 4.00. The molecule has 0 heterocycles. The van der Waals surface area contributed by atoms with E-state index >= 15 is 0 Å². The van der Waals surface area contributed by atoms with Gasteiger partial charge in [-0.2, -0.15) is 0 Å². The van der Waals surface area contributed by atoms with Crippen molar-refractivity contribution in [2.75, 3.05) is 0 Å². The molecule has 1 atom stereocenters. The van der Waals surface area contributed by atoms with Gasteiger partial charge in [0.15, 0.2) is 0 Å². The van der Waals surface area contributed by atoms with E-state index in [0.29, 0.717) is 12.0 Å². The number of alkyl carbamates (subject to hydrolysis) is 1. The second-order valence-corrected chi connectivity index (χ2v) is 5.38. The van der Waals surface area contributed by atoms with Gasteiger partial charge in [0.05, 0.1) is 0 Å². The summed E-state index contributed by atoms with van der Waals surface area (Å²) in [7, 11) is 0. The van der Waals surface area contributed by atoms with E-state index in [2.05, 4.69) is 12.2 Å². The smallest absolute Gasteiger partial charge is 0.407 e. The average Bonchev–Trinajstić information content (AvgIpc) is 2.81. The van der Waals surface area contributed by atoms with Crippen LogP contribution in [0.1, 0.15) is 53.4 Å². The molecule has 0 aromatic carbocycles. The van der Waals surface area contributed by atoms with Gasteiger partial charge in [0.2, 0.25) is 0 Å². The molecule has 1 amide bonds. The van der Waals surface area contributed by atoms with E-state index in [0.717, 1.165) is 12.8 Å². The fraction of sp³-hybridized carbons (Fsp3) is 0.917. The lowest BCUT2D eigenvalue weighted by Gasteiger charge is -2.23. The number of amides is 1. The summed E-state index contributed by atoms with van der Waals surface area (Å²) in [4.78, 5) is 11.5. The van der Waals surface area contributed by atoms with Crippen LogP contribution in [0.2, 0.25) is 0 Å². The number of rotatable bonds is 4. The molecule has 3 heteroatoms. The second-order valence-electron chi connectivity index (χ2n) is 5.38. The molecule has 1 unspecified atom stereocenters. The summed E-state index contributed by atoms with van der Waals surface area (Å²) in [6, 6.07) is 0.324. The highest BCUT2D eigenvalue weighted by Gasteiger charge is 2.32. The highest BCUT2D eigenvalue weighted by Crippen LogP contribution is 2.34. The van der Waals surface area contributed by atoms with Crippen LogP contribution in [0.5, 0.6) is 0 Å². The van der Waals surface area contributed by atoms with Crippen molar-refractivity contribution in [2.45, 2.75) is 65.0 Å². The van der Waals surface area contributed by atoms with Crippen LogP contribution in [0, 0.1) is 5.92 Å². The molecule has 1 rings (SSSR count). The lowest BCUT2D eigenvalue weighted by Crippen LogP contribution is -2.40. The molecule has 15 heavy (non-hydrogen) atoms. The molecule has 0 saturated heterocycles. The van der Waals surface area contributed by atoms with E-state index in [1.807, 2.05) is 20.8 Å². The zero-order chi connectivity index (χ0) is 11.5. The van der Waals surface area contributed by atoms with E-state index < -0.39 is 5.60 Å². The van der Waals surface area contributed by atoms with E-state index in [-0.39, 0.29) is 6.09 Å². The lowest BCUT2D eigenvalue weighted by atomic mass is 10.1. The third kappa shape index (κ3) is 5.05. The molecule has 0 aromatic heterocycles. The van der Waals surface area contributed by atoms with Crippen molar-refractivity contribution in [1.82, 2.24) is 5.32 Å². The fourth-order valence-electron chi connectivity index (χ4n) is 1.69. The quantitative estimate of drug-likeness (QED) is 0.779. The molecule has 1 saturated carbocycles. The Morgan fingerprint density at radius 1 is 1.47 bits per heavy atom. The molecule has 1 fully saturated rings. The van der Waals surface area contributed by atoms with Gasteiger partial charge in [0.1, 0.15) is 5.60 Å². The lowest BCUT2D eigenvalue weighted by molar-refractivity contribution is 0.0495. The average molecular weight is 213 g/mol. The van der Waals surface area contributed by atoms with Crippen LogP contribution in [0.3, 0.4) is 0 Å². The van der Waals surface area contributed by atoms with Crippen molar-refractivity contribution in [3.8, 4) is 0 Å². The minimum atomic E-state index is -0.398. The largest absolute Gasteiger partial charge is 0.444 e. The first kappa shape index (κ1) is 12.3. The second kappa shape index (κ2) is 4.86. The number of carbonyl (C=O) groups is 1. The number of ether oxygens (including phenoxy) is 1. The van der Waals surface area contributed by atoms with E-state index in [4.69, 9.17) is 4.74 Å². The van der Waals surface area contributed by atoms with Gasteiger partial charge in [-0.05, 0) is 46.0 Å². The maximum Gasteiger partial charge on any atom is 0.407 e. The first-order valence-corrected chi connectivity index (χ1v) is 5.92. The van der Waals surface area contributed by atoms with Crippen LogP contribution in [-0.4, -0.2) is 17.7 Å². The summed E-state index contributed by atoms with van der Waals surface area (Å²) < 4.78 is 5.24. The Labute approximate surface area is 92.6 Å². The predicted octanol–water partition coefficient (Wildman–Crippen LogP) is 3.09. The molecule has 0 radical (unpaired) electrons. The highest BCUT2D eigenvalue weighted by atomic mass is 16.6. The zero-order valence-corrected chi connectivity index (χ0v) is 10.3. The Bertz CT molecular complexity index is 216. The molecule has 88 valence electrons. The number of nitrogens with one attached hydrogen (secondary N) is 1. The fourth-order valence-corrected chi connectivity index (χ4v) is 1.69. The van der Waals surface area contributed by atoms with Crippen LogP contribution in [0.15, 0.2) is 0 Å². The standard InChI is InChI=1S/C12H23NO2/c1-5-6-10(9-7-8-9)13-11(14)15-12(2,3)4/h9-10H,5-8H2,1-4H3,(H,13,14). The Balaban J connectivity index is 2.33. The first-order chi connectivity index (χ1) is 6.92. The molecule has 0 spiro atoms. The predicted molar refractivity (Wildman–Crippen MR) is 60.8 cm³/mol. The van der Waals surface area contributed by atoms with Gasteiger partial charge >= 0.3 is 6.09 Å². The van der Waals surface area contributed by atoms with Crippen molar-refractivity contribution in [2.24, 2.45) is 5.92 Å². The summed E-state index contributed by atoms with van der Waals surface area (Å²) in [5.74, 6) is 0.692. The van der Waals surface area contributed by atoms with Crippen molar-refractivity contribution in [3.05, 3.63) is 0 Å². The third-order valence-electron chi connectivity index (χ3n) is 2.49. The third-order valence-corrected chi connectivity index (χ3v) is 2.49. The van der Waals surface area contributed by atoms with E-state index in [1.165, 1.54) is 12.8 Å². The normalized spacial score (nSPS) is 18.4. The SMILES string of the molecule is CCCC(NC(=O)OC(C)(C)C)C1CC1. The van der Waals surface area contributed by atoms with Crippen molar-refractivity contribution in [3.63, 3.8) is 0 Å². The van der Waals surface area contributed by atoms with Gasteiger partial charge in [-0.1, -0.05) is 13.3 Å². The van der Waals surface area contributed by atoms with Crippen LogP contribution in [0.4, 0.5) is 4.79 Å². The minimum Gasteiger partial charge on any atom is -0.444 e. The number of hydrogen-bond acceptors (Lipinski definition) is 2. The van der Waals surface area contributed by atoms with Crippen LogP contribution < -0.4 is 5.32 Å². The van der Waals surface area contributed by atoms with E-state index in [1.54, 1.807) is 0 Å². The Morgan fingerprint density at radius 3 is 2.47 bits per heavy atom. The van der Waals surface area contributed by atoms with Gasteiger partial charge in [0.25, 0.3) is 0 Å². The molecule has 0 aliphatic heterocycles. The Hall–Kier alpha value is -0.730. The van der Waals surface area contributed by atoms with Gasteiger partial charge in [0, 0.05) is 6.04 Å². The Morgan fingerprint density at radius 2 is 2.07 bits per heavy atom. The molecular weight excluding hydrogens is 190 g/mol. The maximum atomic E-state index is 11.5. The van der Waals surface area contributed by atoms with Gasteiger partial charge in [-0.3, -0.25) is 0 Å². The van der Waals surface area contributed by atoms with Crippen LogP contribution in [0.25, 0.3) is 0 Å². The van der Waals surface area contributed by atoms with Crippen molar-refractivity contribution in [1.29, 1.82) is 0 Å². The molecule has 1 N–H and O–H groups in total. The molecule has 0 aromatic rings. The number of hydrogen-bond donors (Lipinski definition) is 1. The molecular formula is C12H23NO2. The van der Waals surface area contributed by atoms with Gasteiger partial charge in [-0.25, -0.2) is 4.79 Å². The zero-order valence-electron chi connectivity index (χ0n) is 10.3.